The first kappa shape index (κ1) is 29.1. The number of alkyl halides is 9. The number of halogens is 9. The van der Waals surface area contributed by atoms with Crippen LogP contribution in [0.3, 0.4) is 0 Å². The molecule has 9 nitrogen and oxygen atoms in total. The molecule has 5 rings (SSSR count). The molecule has 4 aliphatic carbocycles. The molecule has 0 aromatic carbocycles. The van der Waals surface area contributed by atoms with Gasteiger partial charge in [0.05, 0.1) is 6.61 Å². The lowest BCUT2D eigenvalue weighted by Gasteiger charge is -2.62. The minimum Gasteiger partial charge on any atom is -0.458 e. The summed E-state index contributed by atoms with van der Waals surface area (Å²) in [6.45, 7) is -1.46. The van der Waals surface area contributed by atoms with Crippen molar-refractivity contribution in [1.82, 2.24) is 0 Å². The molecule has 0 amide bonds. The second kappa shape index (κ2) is 8.57. The first-order chi connectivity index (χ1) is 17.1. The van der Waals surface area contributed by atoms with E-state index < -0.39 is 87.9 Å². The molecular weight excluding hydrogens is 575 g/mol. The molecule has 4 saturated carbocycles. The Kier molecular flexibility index (Phi) is 6.57. The third-order valence-electron chi connectivity index (χ3n) is 7.42. The molecule has 0 radical (unpaired) electrons. The number of hydrogen-bond acceptors (Lipinski definition) is 8. The maximum Gasteiger partial charge on any atom is 0.465 e. The third kappa shape index (κ3) is 4.32. The Labute approximate surface area is 207 Å². The molecule has 1 saturated heterocycles. The van der Waals surface area contributed by atoms with Gasteiger partial charge in [-0.1, -0.05) is 0 Å². The van der Waals surface area contributed by atoms with Crippen LogP contribution in [0.15, 0.2) is 0 Å². The van der Waals surface area contributed by atoms with Crippen molar-refractivity contribution in [2.45, 2.75) is 72.9 Å². The van der Waals surface area contributed by atoms with Crippen LogP contribution >= 0.6 is 0 Å². The van der Waals surface area contributed by atoms with Gasteiger partial charge in [-0.05, 0) is 38.0 Å². The van der Waals surface area contributed by atoms with Gasteiger partial charge in [-0.3, -0.25) is 4.55 Å². The molecule has 4 bridgehead atoms. The molecule has 4 atom stereocenters. The predicted octanol–water partition coefficient (Wildman–Crippen LogP) is 3.08. The lowest BCUT2D eigenvalue weighted by Crippen LogP contribution is -2.66. The summed E-state index contributed by atoms with van der Waals surface area (Å²) in [5, 5.41) is -5.74. The van der Waals surface area contributed by atoms with Crippen molar-refractivity contribution < 1.29 is 81.0 Å². The van der Waals surface area contributed by atoms with Crippen molar-refractivity contribution in [3.63, 3.8) is 0 Å². The molecule has 1 aliphatic heterocycles. The highest BCUT2D eigenvalue weighted by molar-refractivity contribution is 7.88. The van der Waals surface area contributed by atoms with Gasteiger partial charge < -0.3 is 18.9 Å². The largest absolute Gasteiger partial charge is 0.465 e. The Morgan fingerprint density at radius 3 is 1.92 bits per heavy atom. The average molecular weight is 594 g/mol. The highest BCUT2D eigenvalue weighted by Gasteiger charge is 2.75. The maximum atomic E-state index is 14.5. The van der Waals surface area contributed by atoms with Crippen LogP contribution in [0.25, 0.3) is 0 Å². The van der Waals surface area contributed by atoms with Crippen LogP contribution in [0.2, 0.25) is 0 Å². The molecule has 218 valence electrons. The van der Waals surface area contributed by atoms with E-state index in [1.54, 1.807) is 0 Å². The van der Waals surface area contributed by atoms with Crippen LogP contribution in [-0.2, 0) is 38.7 Å². The van der Waals surface area contributed by atoms with Crippen LogP contribution < -0.4 is 0 Å². The van der Waals surface area contributed by atoms with E-state index in [9.17, 15) is 57.5 Å². The molecule has 4 unspecified atom stereocenters. The van der Waals surface area contributed by atoms with Crippen LogP contribution in [0.4, 0.5) is 39.5 Å². The van der Waals surface area contributed by atoms with Crippen molar-refractivity contribution in [1.29, 1.82) is 0 Å². The minimum absolute atomic E-state index is 0.0607. The summed E-state index contributed by atoms with van der Waals surface area (Å²) >= 11 is 0. The van der Waals surface area contributed by atoms with Gasteiger partial charge in [-0.15, -0.1) is 0 Å². The number of ether oxygens (including phenoxy) is 4. The standard InChI is InChI=1S/C19H19F9O9S/c20-16(21,18(23,24)25)12(29)34-6-11-7-35-15(36-11)9-1-8-2-10(15)5-14(3-8,4-9)37-13(30)17(22,19(26,27)28)38(31,32)33/h8-11H,1-7H2,(H,31,32,33). The normalized spacial score (nSPS) is 36.8. The van der Waals surface area contributed by atoms with Gasteiger partial charge in [0.2, 0.25) is 0 Å². The molecule has 1 heterocycles. The molecule has 38 heavy (non-hydrogen) atoms. The fourth-order valence-electron chi connectivity index (χ4n) is 6.05. The first-order valence-corrected chi connectivity index (χ1v) is 12.4. The number of hydrogen-bond donors (Lipinski definition) is 1. The molecule has 5 aliphatic rings. The van der Waals surface area contributed by atoms with Gasteiger partial charge in [0, 0.05) is 11.8 Å². The Balaban J connectivity index is 1.47. The molecule has 1 spiro atoms. The van der Waals surface area contributed by atoms with Gasteiger partial charge >= 0.3 is 45.3 Å². The lowest BCUT2D eigenvalue weighted by molar-refractivity contribution is -0.323. The zero-order valence-corrected chi connectivity index (χ0v) is 19.6. The SMILES string of the molecule is O=C(OCC1COC2(O1)C1CC3CC2CC(OC(=O)C(F)(C(F)(F)F)S(=O)(=O)O)(C3)C1)C(F)(F)C(F)(F)F. The number of esters is 2. The van der Waals surface area contributed by atoms with Crippen molar-refractivity contribution in [3.05, 3.63) is 0 Å². The summed E-state index contributed by atoms with van der Waals surface area (Å²) in [6, 6.07) is 0. The Morgan fingerprint density at radius 2 is 1.45 bits per heavy atom. The van der Waals surface area contributed by atoms with E-state index in [1.807, 2.05) is 0 Å². The monoisotopic (exact) mass is 594 g/mol. The van der Waals surface area contributed by atoms with Crippen molar-refractivity contribution in [2.75, 3.05) is 13.2 Å². The summed E-state index contributed by atoms with van der Waals surface area (Å²) in [4.78, 5) is 23.4. The average Bonchev–Trinajstić information content (AvgIpc) is 3.17. The fourth-order valence-corrected chi connectivity index (χ4v) is 6.59. The molecule has 0 aromatic heterocycles. The fraction of sp³-hybridized carbons (Fsp3) is 0.895. The van der Waals surface area contributed by atoms with Gasteiger partial charge in [0.25, 0.3) is 0 Å². The highest BCUT2D eigenvalue weighted by Crippen LogP contribution is 2.64. The summed E-state index contributed by atoms with van der Waals surface area (Å²) < 4.78 is 169. The molecular formula is C19H19F9O9S. The Morgan fingerprint density at radius 1 is 0.895 bits per heavy atom. The number of carbonyl (C=O) groups is 2. The minimum atomic E-state index is -6.65. The second-order valence-corrected chi connectivity index (χ2v) is 11.4. The van der Waals surface area contributed by atoms with E-state index in [2.05, 4.69) is 4.74 Å². The number of rotatable bonds is 6. The summed E-state index contributed by atoms with van der Waals surface area (Å²) in [6.07, 6.45) is -13.9. The highest BCUT2D eigenvalue weighted by atomic mass is 32.2. The molecule has 5 fully saturated rings. The van der Waals surface area contributed by atoms with E-state index in [0.29, 0.717) is 0 Å². The summed E-state index contributed by atoms with van der Waals surface area (Å²) in [5.74, 6) is -14.9. The van der Waals surface area contributed by atoms with Crippen LogP contribution in [0.5, 0.6) is 0 Å². The zero-order chi connectivity index (χ0) is 28.7. The van der Waals surface area contributed by atoms with Gasteiger partial charge in [-0.2, -0.15) is 43.5 Å². The quantitative estimate of drug-likeness (QED) is 0.281. The molecule has 19 heteroatoms. The smallest absolute Gasteiger partial charge is 0.458 e. The predicted molar refractivity (Wildman–Crippen MR) is 99.3 cm³/mol. The van der Waals surface area contributed by atoms with Crippen LogP contribution in [0.1, 0.15) is 32.1 Å². The van der Waals surface area contributed by atoms with Crippen molar-refractivity contribution in [3.8, 4) is 0 Å². The van der Waals surface area contributed by atoms with E-state index >= 15 is 0 Å². The van der Waals surface area contributed by atoms with E-state index in [-0.39, 0.29) is 38.0 Å². The van der Waals surface area contributed by atoms with E-state index in [1.165, 1.54) is 0 Å². The van der Waals surface area contributed by atoms with Gasteiger partial charge in [-0.25, -0.2) is 14.0 Å². The van der Waals surface area contributed by atoms with E-state index in [4.69, 9.17) is 18.8 Å². The second-order valence-electron chi connectivity index (χ2n) is 9.93. The molecule has 1 N–H and O–H groups in total. The van der Waals surface area contributed by atoms with E-state index in [0.717, 1.165) is 0 Å². The summed E-state index contributed by atoms with van der Waals surface area (Å²) in [5.41, 5.74) is -1.78. The lowest BCUT2D eigenvalue weighted by atomic mass is 9.51. The number of carbonyl (C=O) groups excluding carboxylic acids is 2. The maximum absolute atomic E-state index is 14.5. The topological polar surface area (TPSA) is 125 Å². The van der Waals surface area contributed by atoms with Crippen LogP contribution in [0, 0.1) is 17.8 Å². The molecule has 0 aromatic rings. The van der Waals surface area contributed by atoms with Crippen LogP contribution in [-0.4, -0.2) is 78.9 Å². The summed E-state index contributed by atoms with van der Waals surface area (Å²) in [7, 11) is -6.65. The van der Waals surface area contributed by atoms with Gasteiger partial charge in [0.1, 0.15) is 18.3 Å². The third-order valence-corrected chi connectivity index (χ3v) is 8.53. The van der Waals surface area contributed by atoms with Gasteiger partial charge in [0.15, 0.2) is 5.79 Å². The Hall–Kier alpha value is -1.86. The van der Waals surface area contributed by atoms with Crippen molar-refractivity contribution in [2.24, 2.45) is 17.8 Å². The first-order valence-electron chi connectivity index (χ1n) is 11.0. The zero-order valence-electron chi connectivity index (χ0n) is 18.8. The Bertz CT molecular complexity index is 1090. The van der Waals surface area contributed by atoms with Crippen molar-refractivity contribution >= 4 is 22.1 Å².